The monoisotopic (exact) mass is 406 g/mol. The van der Waals surface area contributed by atoms with Crippen LogP contribution in [-0.4, -0.2) is 47.9 Å². The van der Waals surface area contributed by atoms with Gasteiger partial charge < -0.3 is 14.8 Å². The number of carboxylic acids is 1. The first kappa shape index (κ1) is 22.8. The van der Waals surface area contributed by atoms with Gasteiger partial charge in [0.1, 0.15) is 6.04 Å². The van der Waals surface area contributed by atoms with Crippen LogP contribution < -0.4 is 24.0 Å². The number of carbonyl (C=O) groups excluding carboxylic acids is 2. The Morgan fingerprint density at radius 3 is 1.61 bits per heavy atom. The second-order valence-corrected chi connectivity index (χ2v) is 7.54. The Kier molecular flexibility index (Phi) is 7.02. The van der Waals surface area contributed by atoms with E-state index in [0.29, 0.717) is 6.54 Å². The third-order valence-corrected chi connectivity index (χ3v) is 5.65. The van der Waals surface area contributed by atoms with Crippen molar-refractivity contribution in [2.45, 2.75) is 11.6 Å². The van der Waals surface area contributed by atoms with Crippen molar-refractivity contribution in [3.8, 4) is 0 Å². The molecule has 3 aromatic rings. The van der Waals surface area contributed by atoms with E-state index in [-0.39, 0.29) is 24.8 Å². The maximum absolute atomic E-state index is 13.0. The molecule has 0 aliphatic carbocycles. The molecule has 5 nitrogen and oxygen atoms in total. The van der Waals surface area contributed by atoms with Gasteiger partial charge in [0.25, 0.3) is 0 Å². The number of hydrogen-bond acceptors (Lipinski definition) is 4. The van der Waals surface area contributed by atoms with Crippen molar-refractivity contribution in [1.29, 1.82) is 0 Å². The van der Waals surface area contributed by atoms with E-state index >= 15 is 0 Å². The number of benzene rings is 3. The summed E-state index contributed by atoms with van der Waals surface area (Å²) in [5.41, 5.74) is 2.51. The summed E-state index contributed by atoms with van der Waals surface area (Å²) in [7, 11) is 1.50. The van der Waals surface area contributed by atoms with Crippen LogP contribution in [0.4, 0.5) is 0 Å². The third kappa shape index (κ3) is 4.31. The van der Waals surface area contributed by atoms with Gasteiger partial charge in [0, 0.05) is 13.6 Å². The van der Waals surface area contributed by atoms with Crippen molar-refractivity contribution < 1.29 is 33.6 Å². The van der Waals surface area contributed by atoms with E-state index in [0.717, 1.165) is 16.7 Å². The smallest absolute Gasteiger partial charge is 0.548 e. The van der Waals surface area contributed by atoms with Gasteiger partial charge in [-0.15, -0.1) is 0 Å². The van der Waals surface area contributed by atoms with Gasteiger partial charge in [-0.05, 0) is 16.7 Å². The molecule has 1 aliphatic rings. The predicted octanol–water partition coefficient (Wildman–Crippen LogP) is -1.12. The molecule has 2 atom stereocenters. The fourth-order valence-electron chi connectivity index (χ4n) is 4.28. The summed E-state index contributed by atoms with van der Waals surface area (Å²) in [5.74, 6) is -1.48. The molecule has 1 aliphatic heterocycles. The molecule has 0 N–H and O–H groups in total. The van der Waals surface area contributed by atoms with Gasteiger partial charge in [0.05, 0.1) is 18.1 Å². The fourth-order valence-corrected chi connectivity index (χ4v) is 4.28. The van der Waals surface area contributed by atoms with E-state index in [1.54, 1.807) is 0 Å². The van der Waals surface area contributed by atoms with Crippen molar-refractivity contribution in [3.63, 3.8) is 0 Å². The van der Waals surface area contributed by atoms with Crippen LogP contribution in [0.2, 0.25) is 0 Å². The molecule has 0 saturated carbocycles. The fraction of sp³-hybridized carbons (Fsp3) is 0.200. The number of likely N-dealkylation sites (N-methyl/N-ethyl adjacent to an activating group) is 1. The standard InChI is InChI=1S/C25H24N2O3.Li/c1-26(18-23(28)29)24(30)22-17-27(22)25(19-11-5-2-6-12-19,20-13-7-3-8-14-20)21-15-9-4-10-16-21;/h2-16,22H,17-18H2,1H3,(H,28,29);/q;+1/p-1/t22?,27-;/m1./s1. The number of carbonyl (C=O) groups is 2. The van der Waals surface area contributed by atoms with Gasteiger partial charge in [-0.1, -0.05) is 91.0 Å². The van der Waals surface area contributed by atoms with E-state index in [4.69, 9.17) is 0 Å². The van der Waals surface area contributed by atoms with Crippen molar-refractivity contribution in [1.82, 2.24) is 9.80 Å². The Labute approximate surface area is 194 Å². The molecule has 31 heavy (non-hydrogen) atoms. The third-order valence-electron chi connectivity index (χ3n) is 5.65. The zero-order chi connectivity index (χ0) is 21.1. The molecule has 0 spiro atoms. The normalized spacial score (nSPS) is 17.3. The largest absolute Gasteiger partial charge is 1.00 e. The van der Waals surface area contributed by atoms with Gasteiger partial charge >= 0.3 is 18.9 Å². The quantitative estimate of drug-likeness (QED) is 0.283. The first-order valence-electron chi connectivity index (χ1n) is 9.93. The Morgan fingerprint density at radius 1 is 0.871 bits per heavy atom. The summed E-state index contributed by atoms with van der Waals surface area (Å²) < 4.78 is 0. The Morgan fingerprint density at radius 2 is 1.26 bits per heavy atom. The van der Waals surface area contributed by atoms with E-state index in [1.807, 2.05) is 54.6 Å². The molecule has 1 heterocycles. The van der Waals surface area contributed by atoms with Gasteiger partial charge in [-0.2, -0.15) is 0 Å². The van der Waals surface area contributed by atoms with Crippen LogP contribution in [0.15, 0.2) is 91.0 Å². The molecule has 1 unspecified atom stereocenters. The number of rotatable bonds is 7. The van der Waals surface area contributed by atoms with Crippen LogP contribution in [0, 0.1) is 0 Å². The number of aliphatic carboxylic acids is 1. The zero-order valence-corrected chi connectivity index (χ0v) is 17.8. The Balaban J connectivity index is 0.00000272. The van der Waals surface area contributed by atoms with Crippen molar-refractivity contribution in [2.24, 2.45) is 0 Å². The SMILES string of the molecule is CN(CC(=O)[O-])C(=O)C1C[N@@]1C(c1ccccc1)(c1ccccc1)c1ccccc1.[Li+]. The predicted molar refractivity (Wildman–Crippen MR) is 112 cm³/mol. The minimum Gasteiger partial charge on any atom is -0.548 e. The van der Waals surface area contributed by atoms with Crippen LogP contribution in [0.5, 0.6) is 0 Å². The first-order chi connectivity index (χ1) is 14.5. The van der Waals surface area contributed by atoms with Crippen molar-refractivity contribution in [2.75, 3.05) is 20.1 Å². The summed E-state index contributed by atoms with van der Waals surface area (Å²) in [5, 5.41) is 11.0. The second kappa shape index (κ2) is 9.53. The second-order valence-electron chi connectivity index (χ2n) is 7.54. The molecule has 3 aromatic carbocycles. The van der Waals surface area contributed by atoms with Gasteiger partial charge in [-0.25, -0.2) is 0 Å². The molecule has 0 aromatic heterocycles. The molecule has 6 heteroatoms. The summed E-state index contributed by atoms with van der Waals surface area (Å²) in [6.07, 6.45) is 0. The number of hydrogen-bond donors (Lipinski definition) is 0. The van der Waals surface area contributed by atoms with Crippen LogP contribution in [-0.2, 0) is 15.1 Å². The number of amides is 1. The van der Waals surface area contributed by atoms with Gasteiger partial charge in [-0.3, -0.25) is 9.69 Å². The molecule has 4 rings (SSSR count). The minimum absolute atomic E-state index is 0. The molecule has 1 amide bonds. The van der Waals surface area contributed by atoms with E-state index in [2.05, 4.69) is 41.3 Å². The molecular formula is C25H23LiN2O3. The average Bonchev–Trinajstić information content (AvgIpc) is 3.57. The van der Waals surface area contributed by atoms with E-state index in [1.165, 1.54) is 11.9 Å². The molecule has 1 saturated heterocycles. The average molecular weight is 406 g/mol. The summed E-state index contributed by atoms with van der Waals surface area (Å²) >= 11 is 0. The summed E-state index contributed by atoms with van der Waals surface area (Å²) in [6.45, 7) is 0.118. The van der Waals surface area contributed by atoms with Gasteiger partial charge in [0.15, 0.2) is 0 Å². The summed E-state index contributed by atoms with van der Waals surface area (Å²) in [6, 6.07) is 30.0. The van der Waals surface area contributed by atoms with Crippen LogP contribution in [0.3, 0.4) is 0 Å². The van der Waals surface area contributed by atoms with E-state index in [9.17, 15) is 14.7 Å². The molecule has 0 radical (unpaired) electrons. The Hall–Kier alpha value is -2.84. The van der Waals surface area contributed by atoms with Crippen LogP contribution >= 0.6 is 0 Å². The molecule has 1 fully saturated rings. The maximum atomic E-state index is 13.0. The van der Waals surface area contributed by atoms with Crippen LogP contribution in [0.25, 0.3) is 0 Å². The van der Waals surface area contributed by atoms with Crippen molar-refractivity contribution >= 4 is 11.9 Å². The number of nitrogens with zero attached hydrogens (tertiary/aromatic N) is 2. The molecule has 0 bridgehead atoms. The van der Waals surface area contributed by atoms with Crippen molar-refractivity contribution in [3.05, 3.63) is 108 Å². The molecular weight excluding hydrogens is 383 g/mol. The first-order valence-corrected chi connectivity index (χ1v) is 9.93. The Bertz CT molecular complexity index is 932. The topological polar surface area (TPSA) is 63.5 Å². The maximum Gasteiger partial charge on any atom is 1.00 e. The minimum atomic E-state index is -1.27. The van der Waals surface area contributed by atoms with Crippen LogP contribution in [0.1, 0.15) is 16.7 Å². The summed E-state index contributed by atoms with van der Waals surface area (Å²) in [4.78, 5) is 27.3. The number of carboxylic acid groups (broad SMARTS) is 1. The zero-order valence-electron chi connectivity index (χ0n) is 17.8. The van der Waals surface area contributed by atoms with E-state index < -0.39 is 24.1 Å². The molecule has 152 valence electrons. The van der Waals surface area contributed by atoms with Gasteiger partial charge in [0.2, 0.25) is 5.91 Å².